The number of guanidine groups is 1. The van der Waals surface area contributed by atoms with Crippen LogP contribution >= 0.6 is 0 Å². The number of hydrogen-bond acceptors (Lipinski definition) is 2. The number of nitrogens with one attached hydrogen (secondary N) is 1. The van der Waals surface area contributed by atoms with Crippen LogP contribution in [0, 0.1) is 0 Å². The first-order chi connectivity index (χ1) is 11.6. The maximum atomic E-state index is 6.13. The van der Waals surface area contributed by atoms with E-state index in [9.17, 15) is 0 Å². The highest BCUT2D eigenvalue weighted by Gasteiger charge is 2.12. The molecule has 1 aliphatic rings. The lowest BCUT2D eigenvalue weighted by Crippen LogP contribution is -2.39. The van der Waals surface area contributed by atoms with Gasteiger partial charge in [-0.2, -0.15) is 0 Å². The number of hydrogen-bond donors (Lipinski definition) is 2. The van der Waals surface area contributed by atoms with E-state index in [1.165, 1.54) is 49.7 Å². The molecule has 1 aromatic carbocycles. The SMILES string of the molecule is CC(C)N(C)Cc1ccccc1CN=C(N)NC1CCCCCC1. The quantitative estimate of drug-likeness (QED) is 0.475. The second-order valence-corrected chi connectivity index (χ2v) is 7.31. The fourth-order valence-corrected chi connectivity index (χ4v) is 3.17. The summed E-state index contributed by atoms with van der Waals surface area (Å²) >= 11 is 0. The van der Waals surface area contributed by atoms with E-state index in [2.05, 4.69) is 60.4 Å². The van der Waals surface area contributed by atoms with E-state index in [1.54, 1.807) is 0 Å². The molecule has 1 aliphatic carbocycles. The summed E-state index contributed by atoms with van der Waals surface area (Å²) in [5.41, 5.74) is 8.72. The molecule has 134 valence electrons. The Morgan fingerprint density at radius 1 is 1.17 bits per heavy atom. The van der Waals surface area contributed by atoms with E-state index in [-0.39, 0.29) is 0 Å². The molecule has 1 fully saturated rings. The number of nitrogens with two attached hydrogens (primary N) is 1. The molecule has 1 aromatic rings. The molecule has 0 atom stereocenters. The van der Waals surface area contributed by atoms with Crippen LogP contribution in [0.1, 0.15) is 63.5 Å². The average Bonchev–Trinajstić information content (AvgIpc) is 2.82. The molecule has 0 radical (unpaired) electrons. The summed E-state index contributed by atoms with van der Waals surface area (Å²) in [6, 6.07) is 9.56. The van der Waals surface area contributed by atoms with Crippen LogP contribution in [0.3, 0.4) is 0 Å². The van der Waals surface area contributed by atoms with Gasteiger partial charge in [0.05, 0.1) is 6.54 Å². The van der Waals surface area contributed by atoms with Gasteiger partial charge >= 0.3 is 0 Å². The zero-order valence-electron chi connectivity index (χ0n) is 15.6. The van der Waals surface area contributed by atoms with Crippen molar-refractivity contribution in [3.05, 3.63) is 35.4 Å². The minimum Gasteiger partial charge on any atom is -0.370 e. The molecule has 0 amide bonds. The van der Waals surface area contributed by atoms with Crippen LogP contribution in [-0.2, 0) is 13.1 Å². The maximum absolute atomic E-state index is 6.13. The Bertz CT molecular complexity index is 516. The summed E-state index contributed by atoms with van der Waals surface area (Å²) in [5.74, 6) is 0.592. The Kier molecular flexibility index (Phi) is 7.57. The van der Waals surface area contributed by atoms with Crippen molar-refractivity contribution < 1.29 is 0 Å². The summed E-state index contributed by atoms with van der Waals surface area (Å²) < 4.78 is 0. The number of benzene rings is 1. The number of rotatable bonds is 6. The minimum atomic E-state index is 0.499. The monoisotopic (exact) mass is 330 g/mol. The number of aliphatic imine (C=N–C) groups is 1. The topological polar surface area (TPSA) is 53.6 Å². The van der Waals surface area contributed by atoms with E-state index >= 15 is 0 Å². The molecule has 0 aliphatic heterocycles. The highest BCUT2D eigenvalue weighted by Crippen LogP contribution is 2.17. The second kappa shape index (κ2) is 9.67. The zero-order chi connectivity index (χ0) is 17.4. The summed E-state index contributed by atoms with van der Waals surface area (Å²) in [6.45, 7) is 6.03. The van der Waals surface area contributed by atoms with Gasteiger partial charge in [-0.3, -0.25) is 4.90 Å². The van der Waals surface area contributed by atoms with Gasteiger partial charge in [0.15, 0.2) is 5.96 Å². The van der Waals surface area contributed by atoms with Crippen molar-refractivity contribution in [1.29, 1.82) is 0 Å². The van der Waals surface area contributed by atoms with Crippen molar-refractivity contribution in [2.45, 2.75) is 77.5 Å². The van der Waals surface area contributed by atoms with Crippen molar-refractivity contribution >= 4 is 5.96 Å². The normalized spacial score (nSPS) is 17.3. The van der Waals surface area contributed by atoms with E-state index in [4.69, 9.17) is 5.73 Å². The van der Waals surface area contributed by atoms with E-state index in [0.29, 0.717) is 24.6 Å². The Morgan fingerprint density at radius 3 is 2.42 bits per heavy atom. The van der Waals surface area contributed by atoms with Crippen molar-refractivity contribution in [1.82, 2.24) is 10.2 Å². The molecule has 1 saturated carbocycles. The van der Waals surface area contributed by atoms with Crippen molar-refractivity contribution in [3.8, 4) is 0 Å². The van der Waals surface area contributed by atoms with Gasteiger partial charge in [-0.15, -0.1) is 0 Å². The molecule has 0 bridgehead atoms. The predicted molar refractivity (Wildman–Crippen MR) is 103 cm³/mol. The van der Waals surface area contributed by atoms with Crippen LogP contribution in [-0.4, -0.2) is 30.0 Å². The van der Waals surface area contributed by atoms with Gasteiger partial charge in [-0.1, -0.05) is 49.9 Å². The van der Waals surface area contributed by atoms with Gasteiger partial charge in [-0.25, -0.2) is 4.99 Å². The van der Waals surface area contributed by atoms with Gasteiger partial charge < -0.3 is 11.1 Å². The Hall–Kier alpha value is -1.55. The Balaban J connectivity index is 1.94. The lowest BCUT2D eigenvalue weighted by atomic mass is 10.1. The standard InChI is InChI=1S/C20H34N4/c1-16(2)24(3)15-18-11-9-8-10-17(18)14-22-20(21)23-19-12-6-4-5-7-13-19/h8-11,16,19H,4-7,12-15H2,1-3H3,(H3,21,22,23). The molecular weight excluding hydrogens is 296 g/mol. The van der Waals surface area contributed by atoms with E-state index in [1.807, 2.05) is 0 Å². The van der Waals surface area contributed by atoms with Gasteiger partial charge in [0, 0.05) is 18.6 Å². The third kappa shape index (κ3) is 6.16. The Morgan fingerprint density at radius 2 is 1.79 bits per heavy atom. The van der Waals surface area contributed by atoms with Crippen LogP contribution in [0.5, 0.6) is 0 Å². The van der Waals surface area contributed by atoms with E-state index < -0.39 is 0 Å². The first-order valence-electron chi connectivity index (χ1n) is 9.39. The average molecular weight is 331 g/mol. The fraction of sp³-hybridized carbons (Fsp3) is 0.650. The van der Waals surface area contributed by atoms with Crippen LogP contribution in [0.2, 0.25) is 0 Å². The third-order valence-corrected chi connectivity index (χ3v) is 5.05. The molecule has 3 N–H and O–H groups in total. The van der Waals surface area contributed by atoms with Gasteiger partial charge in [0.2, 0.25) is 0 Å². The summed E-state index contributed by atoms with van der Waals surface area (Å²) in [6.07, 6.45) is 7.74. The minimum absolute atomic E-state index is 0.499. The molecule has 0 spiro atoms. The first-order valence-corrected chi connectivity index (χ1v) is 9.39. The lowest BCUT2D eigenvalue weighted by Gasteiger charge is -2.22. The molecule has 0 heterocycles. The Labute approximate surface area is 147 Å². The molecular formula is C20H34N4. The molecule has 0 aromatic heterocycles. The molecule has 0 saturated heterocycles. The van der Waals surface area contributed by atoms with Crippen LogP contribution < -0.4 is 11.1 Å². The summed E-state index contributed by atoms with van der Waals surface area (Å²) in [7, 11) is 2.16. The fourth-order valence-electron chi connectivity index (χ4n) is 3.17. The molecule has 2 rings (SSSR count). The van der Waals surface area contributed by atoms with E-state index in [0.717, 1.165) is 6.54 Å². The molecule has 4 heteroatoms. The predicted octanol–water partition coefficient (Wildman–Crippen LogP) is 3.65. The highest BCUT2D eigenvalue weighted by molar-refractivity contribution is 5.78. The lowest BCUT2D eigenvalue weighted by molar-refractivity contribution is 0.265. The molecule has 4 nitrogen and oxygen atoms in total. The largest absolute Gasteiger partial charge is 0.370 e. The van der Waals surface area contributed by atoms with Gasteiger partial charge in [-0.05, 0) is 44.9 Å². The van der Waals surface area contributed by atoms with Crippen LogP contribution in [0.4, 0.5) is 0 Å². The third-order valence-electron chi connectivity index (χ3n) is 5.05. The second-order valence-electron chi connectivity index (χ2n) is 7.31. The van der Waals surface area contributed by atoms with Gasteiger partial charge in [0.1, 0.15) is 0 Å². The van der Waals surface area contributed by atoms with Crippen molar-refractivity contribution in [2.75, 3.05) is 7.05 Å². The van der Waals surface area contributed by atoms with Crippen LogP contribution in [0.25, 0.3) is 0 Å². The van der Waals surface area contributed by atoms with Crippen molar-refractivity contribution in [2.24, 2.45) is 10.7 Å². The first kappa shape index (κ1) is 18.8. The summed E-state index contributed by atoms with van der Waals surface area (Å²) in [4.78, 5) is 6.94. The molecule has 0 unspecified atom stereocenters. The van der Waals surface area contributed by atoms with Gasteiger partial charge in [0.25, 0.3) is 0 Å². The van der Waals surface area contributed by atoms with Crippen molar-refractivity contribution in [3.63, 3.8) is 0 Å². The zero-order valence-corrected chi connectivity index (χ0v) is 15.6. The summed E-state index contributed by atoms with van der Waals surface area (Å²) in [5, 5.41) is 3.42. The number of nitrogens with zero attached hydrogens (tertiary/aromatic N) is 2. The smallest absolute Gasteiger partial charge is 0.189 e. The highest BCUT2D eigenvalue weighted by atomic mass is 15.1. The molecule has 24 heavy (non-hydrogen) atoms. The van der Waals surface area contributed by atoms with Crippen LogP contribution in [0.15, 0.2) is 29.3 Å². The maximum Gasteiger partial charge on any atom is 0.189 e.